The van der Waals surface area contributed by atoms with Gasteiger partial charge in [-0.25, -0.2) is 4.39 Å². The topological polar surface area (TPSA) is 38.5 Å². The van der Waals surface area contributed by atoms with Crippen molar-refractivity contribution in [3.8, 4) is 5.75 Å². The van der Waals surface area contributed by atoms with Crippen molar-refractivity contribution in [1.29, 1.82) is 0 Å². The monoisotopic (exact) mass is 266 g/mol. The van der Waals surface area contributed by atoms with Crippen molar-refractivity contribution in [1.82, 2.24) is 4.90 Å². The lowest BCUT2D eigenvalue weighted by molar-refractivity contribution is 0.192. The second kappa shape index (κ2) is 6.87. The third-order valence-electron chi connectivity index (χ3n) is 3.89. The average molecular weight is 266 g/mol. The van der Waals surface area contributed by atoms with Gasteiger partial charge in [-0.3, -0.25) is 4.90 Å². The number of nitrogens with two attached hydrogens (primary N) is 1. The van der Waals surface area contributed by atoms with E-state index in [9.17, 15) is 4.39 Å². The average Bonchev–Trinajstić information content (AvgIpc) is 2.94. The van der Waals surface area contributed by atoms with Crippen molar-refractivity contribution in [3.63, 3.8) is 0 Å². The van der Waals surface area contributed by atoms with E-state index < -0.39 is 0 Å². The molecule has 2 N–H and O–H groups in total. The van der Waals surface area contributed by atoms with Crippen LogP contribution in [0.15, 0.2) is 18.2 Å². The Hall–Kier alpha value is -1.13. The molecule has 2 rings (SSSR count). The molecular formula is C15H23FN2O. The molecule has 0 heterocycles. The van der Waals surface area contributed by atoms with E-state index in [1.807, 2.05) is 12.1 Å². The van der Waals surface area contributed by atoms with Crippen LogP contribution in [0, 0.1) is 5.82 Å². The number of hydrogen-bond acceptors (Lipinski definition) is 3. The second-order valence-corrected chi connectivity index (χ2v) is 5.13. The highest BCUT2D eigenvalue weighted by Gasteiger charge is 2.23. The molecule has 0 radical (unpaired) electrons. The Balaban J connectivity index is 2.11. The van der Waals surface area contributed by atoms with Crippen LogP contribution in [0.4, 0.5) is 4.39 Å². The van der Waals surface area contributed by atoms with E-state index >= 15 is 0 Å². The van der Waals surface area contributed by atoms with E-state index in [-0.39, 0.29) is 5.82 Å². The fourth-order valence-corrected chi connectivity index (χ4v) is 2.88. The smallest absolute Gasteiger partial charge is 0.169 e. The first-order valence-electron chi connectivity index (χ1n) is 7.01. The third kappa shape index (κ3) is 3.45. The Morgan fingerprint density at radius 3 is 2.74 bits per heavy atom. The van der Waals surface area contributed by atoms with Crippen molar-refractivity contribution in [2.75, 3.05) is 20.2 Å². The van der Waals surface area contributed by atoms with Gasteiger partial charge in [-0.2, -0.15) is 0 Å². The van der Waals surface area contributed by atoms with Crippen LogP contribution in [-0.2, 0) is 6.54 Å². The summed E-state index contributed by atoms with van der Waals surface area (Å²) in [5.41, 5.74) is 6.38. The van der Waals surface area contributed by atoms with Gasteiger partial charge in [-0.15, -0.1) is 0 Å². The van der Waals surface area contributed by atoms with Crippen LogP contribution in [0.1, 0.15) is 31.2 Å². The summed E-state index contributed by atoms with van der Waals surface area (Å²) >= 11 is 0. The SMILES string of the molecule is COc1cccc(CN(CCN)C2CCCC2)c1F. The van der Waals surface area contributed by atoms with Gasteiger partial charge in [0.1, 0.15) is 0 Å². The van der Waals surface area contributed by atoms with Crippen LogP contribution in [-0.4, -0.2) is 31.1 Å². The van der Waals surface area contributed by atoms with Gasteiger partial charge in [-0.1, -0.05) is 25.0 Å². The third-order valence-corrected chi connectivity index (χ3v) is 3.89. The van der Waals surface area contributed by atoms with Gasteiger partial charge in [0, 0.05) is 31.2 Å². The fourth-order valence-electron chi connectivity index (χ4n) is 2.88. The van der Waals surface area contributed by atoms with E-state index in [0.29, 0.717) is 30.4 Å². The van der Waals surface area contributed by atoms with Gasteiger partial charge >= 0.3 is 0 Å². The van der Waals surface area contributed by atoms with Crippen LogP contribution in [0.25, 0.3) is 0 Å². The largest absolute Gasteiger partial charge is 0.494 e. The van der Waals surface area contributed by atoms with Gasteiger partial charge in [0.2, 0.25) is 0 Å². The van der Waals surface area contributed by atoms with Crippen molar-refractivity contribution in [2.24, 2.45) is 5.73 Å². The summed E-state index contributed by atoms with van der Waals surface area (Å²) < 4.78 is 19.2. The Morgan fingerprint density at radius 1 is 1.37 bits per heavy atom. The first-order valence-corrected chi connectivity index (χ1v) is 7.01. The second-order valence-electron chi connectivity index (χ2n) is 5.13. The highest BCUT2D eigenvalue weighted by molar-refractivity contribution is 5.31. The number of hydrogen-bond donors (Lipinski definition) is 1. The molecule has 19 heavy (non-hydrogen) atoms. The molecule has 1 aliphatic carbocycles. The predicted octanol–water partition coefficient (Wildman–Crippen LogP) is 2.54. The molecule has 1 aromatic carbocycles. The summed E-state index contributed by atoms with van der Waals surface area (Å²) in [6.45, 7) is 2.05. The van der Waals surface area contributed by atoms with Crippen molar-refractivity contribution in [3.05, 3.63) is 29.6 Å². The molecule has 0 aromatic heterocycles. The van der Waals surface area contributed by atoms with Gasteiger partial charge in [0.05, 0.1) is 7.11 Å². The number of rotatable bonds is 6. The Morgan fingerprint density at radius 2 is 2.11 bits per heavy atom. The molecular weight excluding hydrogens is 243 g/mol. The summed E-state index contributed by atoms with van der Waals surface area (Å²) in [7, 11) is 1.50. The van der Waals surface area contributed by atoms with Crippen LogP contribution in [0.2, 0.25) is 0 Å². The molecule has 0 spiro atoms. The lowest BCUT2D eigenvalue weighted by Gasteiger charge is -2.28. The van der Waals surface area contributed by atoms with E-state index in [0.717, 1.165) is 6.54 Å². The summed E-state index contributed by atoms with van der Waals surface area (Å²) in [6.07, 6.45) is 4.94. The normalized spacial score (nSPS) is 16.2. The number of methoxy groups -OCH3 is 1. The highest BCUT2D eigenvalue weighted by atomic mass is 19.1. The standard InChI is InChI=1S/C15H23FN2O/c1-19-14-8-4-5-12(15(14)16)11-18(10-9-17)13-6-2-3-7-13/h4-5,8,13H,2-3,6-7,9-11,17H2,1H3. The van der Waals surface area contributed by atoms with E-state index in [1.165, 1.54) is 32.8 Å². The van der Waals surface area contributed by atoms with Crippen LogP contribution < -0.4 is 10.5 Å². The lowest BCUT2D eigenvalue weighted by Crippen LogP contribution is -2.37. The van der Waals surface area contributed by atoms with Crippen molar-refractivity contribution >= 4 is 0 Å². The van der Waals surface area contributed by atoms with Crippen LogP contribution in [0.3, 0.4) is 0 Å². The molecule has 0 unspecified atom stereocenters. The first kappa shape index (κ1) is 14.3. The molecule has 4 heteroatoms. The summed E-state index contributed by atoms with van der Waals surface area (Å²) in [4.78, 5) is 2.31. The van der Waals surface area contributed by atoms with Gasteiger partial charge in [0.25, 0.3) is 0 Å². The summed E-state index contributed by atoms with van der Waals surface area (Å²) in [6, 6.07) is 5.87. The minimum absolute atomic E-state index is 0.245. The van der Waals surface area contributed by atoms with E-state index in [1.54, 1.807) is 6.07 Å². The molecule has 0 amide bonds. The molecule has 106 valence electrons. The molecule has 0 aliphatic heterocycles. The number of nitrogens with zero attached hydrogens (tertiary/aromatic N) is 1. The molecule has 0 atom stereocenters. The Kier molecular flexibility index (Phi) is 5.16. The number of halogens is 1. The van der Waals surface area contributed by atoms with Crippen molar-refractivity contribution in [2.45, 2.75) is 38.3 Å². The Bertz CT molecular complexity index is 405. The van der Waals surface area contributed by atoms with Gasteiger partial charge < -0.3 is 10.5 Å². The highest BCUT2D eigenvalue weighted by Crippen LogP contribution is 2.27. The van der Waals surface area contributed by atoms with Gasteiger partial charge in [0.15, 0.2) is 11.6 Å². The predicted molar refractivity (Wildman–Crippen MR) is 74.7 cm³/mol. The summed E-state index contributed by atoms with van der Waals surface area (Å²) in [5, 5.41) is 0. The molecule has 1 fully saturated rings. The molecule has 1 saturated carbocycles. The van der Waals surface area contributed by atoms with Crippen molar-refractivity contribution < 1.29 is 9.13 Å². The summed E-state index contributed by atoms with van der Waals surface area (Å²) in [5.74, 6) is 0.0710. The maximum Gasteiger partial charge on any atom is 0.169 e. The van der Waals surface area contributed by atoms with Gasteiger partial charge in [-0.05, 0) is 18.9 Å². The van der Waals surface area contributed by atoms with E-state index in [2.05, 4.69) is 4.90 Å². The molecule has 0 bridgehead atoms. The molecule has 0 saturated heterocycles. The fraction of sp³-hybridized carbons (Fsp3) is 0.600. The molecule has 1 aliphatic rings. The zero-order chi connectivity index (χ0) is 13.7. The van der Waals surface area contributed by atoms with Crippen LogP contribution in [0.5, 0.6) is 5.75 Å². The van der Waals surface area contributed by atoms with Crippen LogP contribution >= 0.6 is 0 Å². The Labute approximate surface area is 114 Å². The quantitative estimate of drug-likeness (QED) is 0.860. The maximum atomic E-state index is 14.2. The first-order chi connectivity index (χ1) is 9.26. The number of ether oxygens (including phenoxy) is 1. The molecule has 3 nitrogen and oxygen atoms in total. The maximum absolute atomic E-state index is 14.2. The minimum atomic E-state index is -0.245. The van der Waals surface area contributed by atoms with E-state index in [4.69, 9.17) is 10.5 Å². The lowest BCUT2D eigenvalue weighted by atomic mass is 10.1. The zero-order valence-corrected chi connectivity index (χ0v) is 11.6. The molecule has 1 aromatic rings. The minimum Gasteiger partial charge on any atom is -0.494 e. The number of benzene rings is 1. The zero-order valence-electron chi connectivity index (χ0n) is 11.6.